The van der Waals surface area contributed by atoms with Gasteiger partial charge in [0.15, 0.2) is 0 Å². The van der Waals surface area contributed by atoms with E-state index in [1.54, 1.807) is 18.3 Å². The molecule has 7 heteroatoms. The van der Waals surface area contributed by atoms with Crippen molar-refractivity contribution in [2.45, 2.75) is 6.92 Å². The van der Waals surface area contributed by atoms with E-state index in [2.05, 4.69) is 26.2 Å². The molecule has 3 N–H and O–H groups in total. The molecule has 0 aliphatic rings. The maximum absolute atomic E-state index is 12.1. The van der Waals surface area contributed by atoms with Crippen molar-refractivity contribution < 1.29 is 9.53 Å². The van der Waals surface area contributed by atoms with Crippen LogP contribution in [0.3, 0.4) is 0 Å². The van der Waals surface area contributed by atoms with Gasteiger partial charge in [-0.15, -0.1) is 11.3 Å². The standard InChI is InChI=1S/C13H14BrN3O2S/c1-8-10(7-20-12(8)14)13(18)17-11-6-9(2-4-16-11)19-5-3-15/h2,4,6-7H,3,5,15H2,1H3,(H,16,17,18). The van der Waals surface area contributed by atoms with Gasteiger partial charge in [-0.2, -0.15) is 0 Å². The van der Waals surface area contributed by atoms with Crippen LogP contribution < -0.4 is 15.8 Å². The van der Waals surface area contributed by atoms with E-state index < -0.39 is 0 Å². The molecule has 0 unspecified atom stereocenters. The molecular weight excluding hydrogens is 342 g/mol. The molecule has 1 amide bonds. The van der Waals surface area contributed by atoms with Crippen molar-refractivity contribution in [2.24, 2.45) is 5.73 Å². The first kappa shape index (κ1) is 15.0. The summed E-state index contributed by atoms with van der Waals surface area (Å²) in [5, 5.41) is 4.56. The molecule has 0 saturated heterocycles. The highest BCUT2D eigenvalue weighted by atomic mass is 79.9. The topological polar surface area (TPSA) is 77.2 Å². The van der Waals surface area contributed by atoms with Crippen molar-refractivity contribution >= 4 is 39.0 Å². The average Bonchev–Trinajstić information content (AvgIpc) is 2.77. The SMILES string of the molecule is Cc1c(C(=O)Nc2cc(OCCN)ccn2)csc1Br. The molecule has 2 aromatic heterocycles. The highest BCUT2D eigenvalue weighted by molar-refractivity contribution is 9.11. The molecule has 2 heterocycles. The van der Waals surface area contributed by atoms with E-state index in [1.807, 2.05) is 12.3 Å². The first-order chi connectivity index (χ1) is 9.61. The molecule has 5 nitrogen and oxygen atoms in total. The molecular formula is C13H14BrN3O2S. The Bertz CT molecular complexity index is 615. The molecule has 0 aliphatic heterocycles. The van der Waals surface area contributed by atoms with Crippen LogP contribution in [0.15, 0.2) is 27.5 Å². The molecule has 2 rings (SSSR count). The Morgan fingerprint density at radius 1 is 1.60 bits per heavy atom. The number of carbonyl (C=O) groups is 1. The summed E-state index contributed by atoms with van der Waals surface area (Å²) in [6.07, 6.45) is 1.58. The largest absolute Gasteiger partial charge is 0.492 e. The highest BCUT2D eigenvalue weighted by Gasteiger charge is 2.14. The molecule has 0 spiro atoms. The Morgan fingerprint density at radius 3 is 3.05 bits per heavy atom. The molecule has 0 saturated carbocycles. The number of rotatable bonds is 5. The summed E-state index contributed by atoms with van der Waals surface area (Å²) in [4.78, 5) is 16.2. The van der Waals surface area contributed by atoms with Gasteiger partial charge >= 0.3 is 0 Å². The van der Waals surface area contributed by atoms with E-state index in [9.17, 15) is 4.79 Å². The summed E-state index contributed by atoms with van der Waals surface area (Å²) in [5.74, 6) is 0.892. The zero-order chi connectivity index (χ0) is 14.5. The number of aromatic nitrogens is 1. The number of nitrogens with one attached hydrogen (secondary N) is 1. The molecule has 0 bridgehead atoms. The molecule has 0 aromatic carbocycles. The van der Waals surface area contributed by atoms with Gasteiger partial charge in [0.25, 0.3) is 5.91 Å². The zero-order valence-electron chi connectivity index (χ0n) is 10.9. The number of hydrogen-bond donors (Lipinski definition) is 2. The molecule has 106 valence electrons. The normalized spacial score (nSPS) is 10.3. The molecule has 0 fully saturated rings. The predicted octanol–water partition coefficient (Wildman–Crippen LogP) is 2.80. The average molecular weight is 356 g/mol. The van der Waals surface area contributed by atoms with Gasteiger partial charge in [0.2, 0.25) is 0 Å². The van der Waals surface area contributed by atoms with Gasteiger partial charge in [0, 0.05) is 24.2 Å². The third-order valence-corrected chi connectivity index (χ3v) is 4.61. The lowest BCUT2D eigenvalue weighted by Crippen LogP contribution is -2.14. The minimum atomic E-state index is -0.187. The quantitative estimate of drug-likeness (QED) is 0.864. The van der Waals surface area contributed by atoms with Gasteiger partial charge in [0.1, 0.15) is 18.2 Å². The number of halogens is 1. The van der Waals surface area contributed by atoms with Crippen LogP contribution in [0.4, 0.5) is 5.82 Å². The number of hydrogen-bond acceptors (Lipinski definition) is 5. The van der Waals surface area contributed by atoms with Crippen molar-refractivity contribution in [3.63, 3.8) is 0 Å². The molecule has 0 radical (unpaired) electrons. The second-order valence-corrected chi connectivity index (χ2v) is 6.21. The van der Waals surface area contributed by atoms with Crippen molar-refractivity contribution in [2.75, 3.05) is 18.5 Å². The fourth-order valence-corrected chi connectivity index (χ4v) is 2.83. The van der Waals surface area contributed by atoms with E-state index in [-0.39, 0.29) is 5.91 Å². The fourth-order valence-electron chi connectivity index (χ4n) is 1.55. The monoisotopic (exact) mass is 355 g/mol. The van der Waals surface area contributed by atoms with Crippen LogP contribution in [0.1, 0.15) is 15.9 Å². The van der Waals surface area contributed by atoms with Crippen LogP contribution in [0.2, 0.25) is 0 Å². The lowest BCUT2D eigenvalue weighted by atomic mass is 10.2. The Balaban J connectivity index is 2.09. The van der Waals surface area contributed by atoms with Crippen LogP contribution in [0, 0.1) is 6.92 Å². The van der Waals surface area contributed by atoms with Gasteiger partial charge in [-0.05, 0) is 34.5 Å². The van der Waals surface area contributed by atoms with Gasteiger partial charge in [-0.1, -0.05) is 0 Å². The number of ether oxygens (including phenoxy) is 1. The third kappa shape index (κ3) is 3.56. The minimum absolute atomic E-state index is 0.187. The van der Waals surface area contributed by atoms with E-state index in [4.69, 9.17) is 10.5 Å². The van der Waals surface area contributed by atoms with Crippen LogP contribution in [0.25, 0.3) is 0 Å². The summed E-state index contributed by atoms with van der Waals surface area (Å²) in [5.41, 5.74) is 6.93. The number of amides is 1. The second kappa shape index (κ2) is 6.83. The Hall–Kier alpha value is -1.44. The summed E-state index contributed by atoms with van der Waals surface area (Å²) < 4.78 is 6.34. The Morgan fingerprint density at radius 2 is 2.40 bits per heavy atom. The van der Waals surface area contributed by atoms with Crippen LogP contribution in [-0.2, 0) is 0 Å². The molecule has 0 atom stereocenters. The summed E-state index contributed by atoms with van der Waals surface area (Å²) in [6, 6.07) is 3.39. The van der Waals surface area contributed by atoms with Crippen LogP contribution in [-0.4, -0.2) is 24.0 Å². The fraction of sp³-hybridized carbons (Fsp3) is 0.231. The second-order valence-electron chi connectivity index (χ2n) is 4.02. The van der Waals surface area contributed by atoms with Crippen LogP contribution in [0.5, 0.6) is 5.75 Å². The third-order valence-electron chi connectivity index (χ3n) is 2.58. The predicted molar refractivity (Wildman–Crippen MR) is 83.5 cm³/mol. The minimum Gasteiger partial charge on any atom is -0.492 e. The molecule has 2 aromatic rings. The van der Waals surface area contributed by atoms with Crippen molar-refractivity contribution in [3.05, 3.63) is 38.6 Å². The van der Waals surface area contributed by atoms with E-state index in [0.29, 0.717) is 30.3 Å². The number of carbonyl (C=O) groups excluding carboxylic acids is 1. The van der Waals surface area contributed by atoms with Gasteiger partial charge in [0.05, 0.1) is 9.35 Å². The number of pyridine rings is 1. The van der Waals surface area contributed by atoms with Crippen molar-refractivity contribution in [1.82, 2.24) is 4.98 Å². The maximum Gasteiger partial charge on any atom is 0.257 e. The lowest BCUT2D eigenvalue weighted by molar-refractivity contribution is 0.102. The number of nitrogens with two attached hydrogens (primary N) is 1. The van der Waals surface area contributed by atoms with Gasteiger partial charge in [-0.3, -0.25) is 4.79 Å². The van der Waals surface area contributed by atoms with Crippen LogP contribution >= 0.6 is 27.3 Å². The first-order valence-electron chi connectivity index (χ1n) is 5.95. The van der Waals surface area contributed by atoms with Gasteiger partial charge in [-0.25, -0.2) is 4.98 Å². The smallest absolute Gasteiger partial charge is 0.257 e. The Kier molecular flexibility index (Phi) is 5.11. The number of anilines is 1. The summed E-state index contributed by atoms with van der Waals surface area (Å²) in [7, 11) is 0. The lowest BCUT2D eigenvalue weighted by Gasteiger charge is -2.07. The zero-order valence-corrected chi connectivity index (χ0v) is 13.3. The molecule has 20 heavy (non-hydrogen) atoms. The van der Waals surface area contributed by atoms with Crippen molar-refractivity contribution in [3.8, 4) is 5.75 Å². The summed E-state index contributed by atoms with van der Waals surface area (Å²) in [6.45, 7) is 2.75. The van der Waals surface area contributed by atoms with Gasteiger partial charge < -0.3 is 15.8 Å². The first-order valence-corrected chi connectivity index (χ1v) is 7.63. The highest BCUT2D eigenvalue weighted by Crippen LogP contribution is 2.27. The van der Waals surface area contributed by atoms with E-state index in [1.165, 1.54) is 11.3 Å². The number of nitrogens with zero attached hydrogens (tertiary/aromatic N) is 1. The summed E-state index contributed by atoms with van der Waals surface area (Å²) >= 11 is 4.88. The molecule has 0 aliphatic carbocycles. The Labute approximate surface area is 129 Å². The maximum atomic E-state index is 12.1. The van der Waals surface area contributed by atoms with E-state index >= 15 is 0 Å². The van der Waals surface area contributed by atoms with Crippen molar-refractivity contribution in [1.29, 1.82) is 0 Å². The number of thiophene rings is 1. The van der Waals surface area contributed by atoms with E-state index in [0.717, 1.165) is 9.35 Å².